The molecule has 10 heteroatoms. The van der Waals surface area contributed by atoms with Gasteiger partial charge in [-0.3, -0.25) is 0 Å². The molecule has 0 atom stereocenters. The third kappa shape index (κ3) is 4.15. The van der Waals surface area contributed by atoms with Gasteiger partial charge in [-0.25, -0.2) is 21.6 Å². The topological polar surface area (TPSA) is 119 Å². The van der Waals surface area contributed by atoms with Crippen molar-refractivity contribution in [2.24, 2.45) is 0 Å². The van der Waals surface area contributed by atoms with Gasteiger partial charge in [0, 0.05) is 11.8 Å². The Hall–Kier alpha value is -2.56. The Balaban J connectivity index is 1.72. The second-order valence-electron chi connectivity index (χ2n) is 5.45. The molecule has 136 valence electrons. The lowest BCUT2D eigenvalue weighted by atomic mass is 10.2. The first-order valence-electron chi connectivity index (χ1n) is 7.43. The van der Waals surface area contributed by atoms with E-state index in [1.807, 2.05) is 30.3 Å². The third-order valence-corrected chi connectivity index (χ3v) is 6.02. The van der Waals surface area contributed by atoms with Crippen LogP contribution in [0, 0.1) is 0 Å². The maximum Gasteiger partial charge on any atom is 0.242 e. The molecular weight excluding hydrogens is 378 g/mol. The fourth-order valence-corrected chi connectivity index (χ4v) is 3.74. The van der Waals surface area contributed by atoms with Gasteiger partial charge in [-0.05, 0) is 24.3 Å². The monoisotopic (exact) mass is 393 g/mol. The summed E-state index contributed by atoms with van der Waals surface area (Å²) in [7, 11) is -7.24. The van der Waals surface area contributed by atoms with Crippen molar-refractivity contribution in [3.63, 3.8) is 0 Å². The Morgan fingerprint density at radius 2 is 1.54 bits per heavy atom. The summed E-state index contributed by atoms with van der Waals surface area (Å²) in [6.45, 7) is -0.185. The van der Waals surface area contributed by atoms with Crippen molar-refractivity contribution >= 4 is 19.9 Å². The number of rotatable bonds is 6. The number of aromatic nitrogens is 2. The summed E-state index contributed by atoms with van der Waals surface area (Å²) in [5, 5.41) is 3.81. The van der Waals surface area contributed by atoms with Crippen LogP contribution >= 0.6 is 0 Å². The van der Waals surface area contributed by atoms with E-state index in [0.29, 0.717) is 5.82 Å². The van der Waals surface area contributed by atoms with Gasteiger partial charge in [-0.1, -0.05) is 35.5 Å². The molecule has 0 fully saturated rings. The van der Waals surface area contributed by atoms with Gasteiger partial charge in [0.05, 0.1) is 16.3 Å². The number of hydrogen-bond donors (Lipinski definition) is 1. The van der Waals surface area contributed by atoms with Gasteiger partial charge in [0.15, 0.2) is 9.84 Å². The minimum atomic E-state index is -3.85. The number of benzene rings is 2. The Bertz CT molecular complexity index is 1110. The highest BCUT2D eigenvalue weighted by atomic mass is 32.2. The summed E-state index contributed by atoms with van der Waals surface area (Å²) in [4.78, 5) is 4.12. The van der Waals surface area contributed by atoms with Crippen LogP contribution < -0.4 is 4.72 Å². The number of nitrogens with one attached hydrogen (secondary N) is 1. The molecule has 3 aromatic rings. The fourth-order valence-electron chi connectivity index (χ4n) is 2.14. The molecule has 0 saturated heterocycles. The molecule has 0 aliphatic heterocycles. The van der Waals surface area contributed by atoms with Crippen LogP contribution in [0.1, 0.15) is 5.89 Å². The van der Waals surface area contributed by atoms with Crippen molar-refractivity contribution in [2.45, 2.75) is 16.3 Å². The van der Waals surface area contributed by atoms with Crippen LogP contribution in [-0.2, 0) is 26.4 Å². The first-order chi connectivity index (χ1) is 12.3. The van der Waals surface area contributed by atoms with Crippen LogP contribution in [-0.4, -0.2) is 33.2 Å². The van der Waals surface area contributed by atoms with E-state index in [1.165, 1.54) is 24.3 Å². The molecule has 1 heterocycles. The molecule has 0 radical (unpaired) electrons. The SMILES string of the molecule is CS(=O)(=O)c1ccc(S(=O)(=O)NCc2nc(-c3ccccc3)no2)cc1. The van der Waals surface area contributed by atoms with Crippen molar-refractivity contribution in [3.05, 3.63) is 60.5 Å². The highest BCUT2D eigenvalue weighted by Crippen LogP contribution is 2.16. The van der Waals surface area contributed by atoms with Gasteiger partial charge in [-0.15, -0.1) is 0 Å². The Kier molecular flexibility index (Phi) is 4.90. The summed E-state index contributed by atoms with van der Waals surface area (Å²) >= 11 is 0. The quantitative estimate of drug-likeness (QED) is 0.676. The number of hydrogen-bond acceptors (Lipinski definition) is 7. The van der Waals surface area contributed by atoms with E-state index >= 15 is 0 Å². The Morgan fingerprint density at radius 3 is 2.15 bits per heavy atom. The van der Waals surface area contributed by atoms with E-state index in [-0.39, 0.29) is 22.2 Å². The van der Waals surface area contributed by atoms with E-state index in [2.05, 4.69) is 14.9 Å². The van der Waals surface area contributed by atoms with Crippen molar-refractivity contribution < 1.29 is 21.4 Å². The highest BCUT2D eigenvalue weighted by molar-refractivity contribution is 7.90. The maximum absolute atomic E-state index is 12.3. The van der Waals surface area contributed by atoms with Crippen LogP contribution in [0.3, 0.4) is 0 Å². The van der Waals surface area contributed by atoms with E-state index in [4.69, 9.17) is 4.52 Å². The van der Waals surface area contributed by atoms with E-state index in [1.54, 1.807) is 0 Å². The summed E-state index contributed by atoms with van der Waals surface area (Å²) in [6.07, 6.45) is 1.05. The number of sulfonamides is 1. The molecule has 0 aliphatic carbocycles. The van der Waals surface area contributed by atoms with Crippen LogP contribution in [0.25, 0.3) is 11.4 Å². The molecule has 2 aromatic carbocycles. The lowest BCUT2D eigenvalue weighted by Gasteiger charge is -2.05. The normalized spacial score (nSPS) is 12.2. The van der Waals surface area contributed by atoms with E-state index in [9.17, 15) is 16.8 Å². The molecule has 1 N–H and O–H groups in total. The third-order valence-electron chi connectivity index (χ3n) is 3.48. The van der Waals surface area contributed by atoms with Crippen molar-refractivity contribution in [1.29, 1.82) is 0 Å². The molecule has 0 aliphatic rings. The van der Waals surface area contributed by atoms with Crippen LogP contribution in [0.2, 0.25) is 0 Å². The van der Waals surface area contributed by atoms with Crippen LogP contribution in [0.4, 0.5) is 0 Å². The summed E-state index contributed by atoms with van der Waals surface area (Å²) in [5.74, 6) is 0.470. The predicted molar refractivity (Wildman–Crippen MR) is 93.3 cm³/mol. The molecular formula is C16H15N3O5S2. The zero-order valence-electron chi connectivity index (χ0n) is 13.7. The standard InChI is InChI=1S/C16H15N3O5S2/c1-25(20,21)13-7-9-14(10-8-13)26(22,23)17-11-15-18-16(19-24-15)12-5-3-2-4-6-12/h2-10,17H,11H2,1H3. The van der Waals surface area contributed by atoms with Crippen molar-refractivity contribution in [1.82, 2.24) is 14.9 Å². The zero-order chi connectivity index (χ0) is 18.8. The number of sulfone groups is 1. The molecule has 0 amide bonds. The Morgan fingerprint density at radius 1 is 0.923 bits per heavy atom. The Labute approximate surface area is 150 Å². The largest absolute Gasteiger partial charge is 0.338 e. The fraction of sp³-hybridized carbons (Fsp3) is 0.125. The molecule has 0 bridgehead atoms. The van der Waals surface area contributed by atoms with Gasteiger partial charge >= 0.3 is 0 Å². The van der Waals surface area contributed by atoms with Crippen molar-refractivity contribution in [3.8, 4) is 11.4 Å². The van der Waals surface area contributed by atoms with Gasteiger partial charge < -0.3 is 4.52 Å². The van der Waals surface area contributed by atoms with E-state index < -0.39 is 19.9 Å². The average Bonchev–Trinajstić information content (AvgIpc) is 3.09. The summed E-state index contributed by atoms with van der Waals surface area (Å²) < 4.78 is 54.8. The van der Waals surface area contributed by atoms with Gasteiger partial charge in [0.1, 0.15) is 0 Å². The molecule has 0 spiro atoms. The molecule has 26 heavy (non-hydrogen) atoms. The molecule has 8 nitrogen and oxygen atoms in total. The minimum Gasteiger partial charge on any atom is -0.338 e. The zero-order valence-corrected chi connectivity index (χ0v) is 15.3. The van der Waals surface area contributed by atoms with Gasteiger partial charge in [0.2, 0.25) is 21.7 Å². The smallest absolute Gasteiger partial charge is 0.242 e. The minimum absolute atomic E-state index is 0.0425. The number of nitrogens with zero attached hydrogens (tertiary/aromatic N) is 2. The second kappa shape index (κ2) is 6.98. The van der Waals surface area contributed by atoms with Crippen molar-refractivity contribution in [2.75, 3.05) is 6.26 Å². The van der Waals surface area contributed by atoms with Crippen LogP contribution in [0.5, 0.6) is 0 Å². The van der Waals surface area contributed by atoms with Gasteiger partial charge in [-0.2, -0.15) is 4.98 Å². The molecule has 0 saturated carbocycles. The predicted octanol–water partition coefficient (Wildman–Crippen LogP) is 1.62. The lowest BCUT2D eigenvalue weighted by molar-refractivity contribution is 0.376. The lowest BCUT2D eigenvalue weighted by Crippen LogP contribution is -2.23. The summed E-state index contributed by atoms with van der Waals surface area (Å²) in [6, 6.07) is 14.1. The second-order valence-corrected chi connectivity index (χ2v) is 9.23. The average molecular weight is 393 g/mol. The molecule has 0 unspecified atom stereocenters. The van der Waals surface area contributed by atoms with Gasteiger partial charge in [0.25, 0.3) is 0 Å². The summed E-state index contributed by atoms with van der Waals surface area (Å²) in [5.41, 5.74) is 0.752. The van der Waals surface area contributed by atoms with E-state index in [0.717, 1.165) is 11.8 Å². The molecule has 1 aromatic heterocycles. The molecule has 3 rings (SSSR count). The first-order valence-corrected chi connectivity index (χ1v) is 10.8. The highest BCUT2D eigenvalue weighted by Gasteiger charge is 2.17. The maximum atomic E-state index is 12.3. The van der Waals surface area contributed by atoms with Crippen LogP contribution in [0.15, 0.2) is 68.9 Å². The first kappa shape index (κ1) is 18.2.